The SMILES string of the molecule is [C-]#[N+]c1c(-c2ccccc2)c(C#N)c(-n2c3ccccc3c3cc4c(cc32)sc2ccccc24)c(-c2ccccc2)c1-n1c2c(ccc3c4ccccc4sc32)c2ccc3c4ccccc4sc3c21. The van der Waals surface area contributed by atoms with Crippen LogP contribution in [-0.2, 0) is 0 Å². The van der Waals surface area contributed by atoms with Crippen molar-refractivity contribution in [3.05, 3.63) is 211 Å². The molecule has 0 unspecified atom stereocenters. The van der Waals surface area contributed by atoms with Gasteiger partial charge in [0.15, 0.2) is 0 Å². The second-order valence-corrected chi connectivity index (χ2v) is 20.8. The van der Waals surface area contributed by atoms with Crippen LogP contribution in [0.4, 0.5) is 5.69 Å². The zero-order chi connectivity index (χ0) is 45.5. The van der Waals surface area contributed by atoms with Gasteiger partial charge in [0, 0.05) is 83.8 Å². The zero-order valence-electron chi connectivity index (χ0n) is 36.5. The summed E-state index contributed by atoms with van der Waals surface area (Å²) < 4.78 is 11.9. The van der Waals surface area contributed by atoms with E-state index in [0.717, 1.165) is 81.1 Å². The topological polar surface area (TPSA) is 38.0 Å². The quantitative estimate of drug-likeness (QED) is 0.162. The average molecular weight is 929 g/mol. The van der Waals surface area contributed by atoms with Crippen LogP contribution >= 0.6 is 34.0 Å². The Balaban J connectivity index is 1.25. The highest BCUT2D eigenvalue weighted by atomic mass is 32.1. The Bertz CT molecular complexity index is 4670. The lowest BCUT2D eigenvalue weighted by Gasteiger charge is -2.26. The van der Waals surface area contributed by atoms with Gasteiger partial charge in [-0.15, -0.1) is 34.0 Å². The van der Waals surface area contributed by atoms with E-state index in [9.17, 15) is 11.8 Å². The predicted molar refractivity (Wildman–Crippen MR) is 296 cm³/mol. The van der Waals surface area contributed by atoms with E-state index in [1.807, 2.05) is 36.4 Å². The second kappa shape index (κ2) is 14.5. The molecule has 69 heavy (non-hydrogen) atoms. The molecule has 5 aromatic heterocycles. The van der Waals surface area contributed by atoms with Gasteiger partial charge >= 0.3 is 0 Å². The number of hydrogen-bond donors (Lipinski definition) is 0. The Morgan fingerprint density at radius 2 is 0.884 bits per heavy atom. The maximum absolute atomic E-state index is 12.0. The summed E-state index contributed by atoms with van der Waals surface area (Å²) in [4.78, 5) is 4.65. The average Bonchev–Trinajstić information content (AvgIpc) is 4.22. The van der Waals surface area contributed by atoms with Gasteiger partial charge in [0.25, 0.3) is 0 Å². The first-order valence-corrected chi connectivity index (χ1v) is 25.3. The van der Waals surface area contributed by atoms with E-state index in [2.05, 4.69) is 178 Å². The fourth-order valence-corrected chi connectivity index (χ4v) is 14.9. The Morgan fingerprint density at radius 1 is 0.391 bits per heavy atom. The molecule has 0 aliphatic rings. The number of hydrogen-bond acceptors (Lipinski definition) is 4. The van der Waals surface area contributed by atoms with Crippen LogP contribution in [0.3, 0.4) is 0 Å². The Morgan fingerprint density at radius 3 is 1.46 bits per heavy atom. The van der Waals surface area contributed by atoms with Gasteiger partial charge < -0.3 is 9.13 Å². The summed E-state index contributed by atoms with van der Waals surface area (Å²) in [7, 11) is 0. The first-order chi connectivity index (χ1) is 34.2. The minimum atomic E-state index is 0.433. The summed E-state index contributed by atoms with van der Waals surface area (Å²) in [6.45, 7) is 9.48. The van der Waals surface area contributed by atoms with E-state index in [1.54, 1.807) is 34.0 Å². The molecule has 0 saturated heterocycles. The number of aromatic nitrogens is 2. The molecular formula is C62H32N4S3. The molecule has 0 aliphatic carbocycles. The van der Waals surface area contributed by atoms with Crippen molar-refractivity contribution in [2.75, 3.05) is 0 Å². The van der Waals surface area contributed by atoms with Gasteiger partial charge in [-0.2, -0.15) is 5.26 Å². The second-order valence-electron chi connectivity index (χ2n) is 17.7. The Kier molecular flexibility index (Phi) is 8.08. The molecule has 15 aromatic rings. The Labute approximate surface area is 406 Å². The number of benzene rings is 10. The van der Waals surface area contributed by atoms with Crippen LogP contribution < -0.4 is 0 Å². The van der Waals surface area contributed by atoms with Crippen molar-refractivity contribution < 1.29 is 0 Å². The van der Waals surface area contributed by atoms with Gasteiger partial charge in [-0.1, -0.05) is 158 Å². The van der Waals surface area contributed by atoms with Crippen molar-refractivity contribution in [3.8, 4) is 39.7 Å². The highest BCUT2D eigenvalue weighted by molar-refractivity contribution is 7.27. The maximum atomic E-state index is 12.0. The van der Waals surface area contributed by atoms with Crippen LogP contribution in [0.15, 0.2) is 194 Å². The fourth-order valence-electron chi connectivity index (χ4n) is 11.3. The fraction of sp³-hybridized carbons (Fsp3) is 0. The summed E-state index contributed by atoms with van der Waals surface area (Å²) in [5, 5.41) is 23.7. The van der Waals surface area contributed by atoms with Gasteiger partial charge in [-0.3, -0.25) is 0 Å². The van der Waals surface area contributed by atoms with Crippen LogP contribution in [0.1, 0.15) is 5.56 Å². The summed E-state index contributed by atoms with van der Waals surface area (Å²) in [6, 6.07) is 71.8. The smallest absolute Gasteiger partial charge is 0.220 e. The monoisotopic (exact) mass is 928 g/mol. The molecule has 0 radical (unpaired) electrons. The maximum Gasteiger partial charge on any atom is 0.220 e. The zero-order valence-corrected chi connectivity index (χ0v) is 38.9. The third kappa shape index (κ3) is 5.24. The van der Waals surface area contributed by atoms with E-state index in [0.29, 0.717) is 16.8 Å². The molecule has 0 spiro atoms. The highest BCUT2D eigenvalue weighted by Crippen LogP contribution is 2.55. The lowest BCUT2D eigenvalue weighted by molar-refractivity contribution is 1.14. The molecule has 0 N–H and O–H groups in total. The largest absolute Gasteiger partial charge is 0.316 e. The van der Waals surface area contributed by atoms with E-state index in [1.165, 1.54) is 51.1 Å². The first kappa shape index (κ1) is 38.5. The molecule has 15 rings (SSSR count). The van der Waals surface area contributed by atoms with Crippen LogP contribution in [0.2, 0.25) is 0 Å². The number of para-hydroxylation sites is 1. The molecule has 10 aromatic carbocycles. The summed E-state index contributed by atoms with van der Waals surface area (Å²) in [5.41, 5.74) is 9.67. The predicted octanol–water partition coefficient (Wildman–Crippen LogP) is 18.7. The van der Waals surface area contributed by atoms with Gasteiger partial charge in [-0.05, 0) is 47.5 Å². The minimum Gasteiger partial charge on any atom is -0.316 e. The standard InChI is InChI=1S/C62H32N4S3/c1-64-56-54(35-16-4-2-5-17-35)47(34-63)57(65-48-24-12-8-20-37(48)45-32-46-40-23-11-13-25-50(40)67-53(46)33-49(45)65)55(36-18-6-3-7-19-36)60(56)66-58-41(28-30-43-38-21-9-14-26-51(38)68-61(43)58)42-29-31-44-39-22-10-15-27-52(39)69-62(44)59(42)66/h2-33H. The third-order valence-corrected chi connectivity index (χ3v) is 17.7. The highest BCUT2D eigenvalue weighted by Gasteiger charge is 2.33. The Hall–Kier alpha value is -8.56. The van der Waals surface area contributed by atoms with Crippen molar-refractivity contribution in [2.45, 2.75) is 0 Å². The van der Waals surface area contributed by atoms with Crippen LogP contribution in [0.5, 0.6) is 0 Å². The molecule has 0 atom stereocenters. The van der Waals surface area contributed by atoms with Crippen LogP contribution in [0, 0.1) is 17.9 Å². The van der Waals surface area contributed by atoms with E-state index in [-0.39, 0.29) is 0 Å². The van der Waals surface area contributed by atoms with Crippen molar-refractivity contribution >= 4 is 144 Å². The van der Waals surface area contributed by atoms with E-state index >= 15 is 0 Å². The van der Waals surface area contributed by atoms with E-state index in [4.69, 9.17) is 0 Å². The third-order valence-electron chi connectivity index (χ3n) is 14.2. The van der Waals surface area contributed by atoms with Crippen molar-refractivity contribution in [1.82, 2.24) is 9.13 Å². The lowest BCUT2D eigenvalue weighted by atomic mass is 9.88. The molecule has 0 saturated carbocycles. The lowest BCUT2D eigenvalue weighted by Crippen LogP contribution is -2.08. The van der Waals surface area contributed by atoms with Crippen molar-refractivity contribution in [3.63, 3.8) is 0 Å². The van der Waals surface area contributed by atoms with Gasteiger partial charge in [0.1, 0.15) is 6.07 Å². The molecular weight excluding hydrogens is 897 g/mol. The van der Waals surface area contributed by atoms with E-state index < -0.39 is 0 Å². The van der Waals surface area contributed by atoms with Crippen molar-refractivity contribution in [1.29, 1.82) is 5.26 Å². The normalized spacial score (nSPS) is 12.0. The summed E-state index contributed by atoms with van der Waals surface area (Å²) in [5.74, 6) is 0. The molecule has 318 valence electrons. The number of thiophene rings is 3. The van der Waals surface area contributed by atoms with Crippen LogP contribution in [-0.4, -0.2) is 9.13 Å². The first-order valence-electron chi connectivity index (χ1n) is 22.8. The van der Waals surface area contributed by atoms with Gasteiger partial charge in [0.05, 0.1) is 55.0 Å². The molecule has 4 nitrogen and oxygen atoms in total. The summed E-state index contributed by atoms with van der Waals surface area (Å²) in [6.07, 6.45) is 0. The number of nitrogens with zero attached hydrogens (tertiary/aromatic N) is 4. The molecule has 0 aliphatic heterocycles. The molecule has 0 amide bonds. The number of nitriles is 1. The molecule has 0 fully saturated rings. The summed E-state index contributed by atoms with van der Waals surface area (Å²) >= 11 is 5.41. The molecule has 0 bridgehead atoms. The van der Waals surface area contributed by atoms with Crippen LogP contribution in [0.25, 0.3) is 143 Å². The minimum absolute atomic E-state index is 0.433. The van der Waals surface area contributed by atoms with Gasteiger partial charge in [-0.25, -0.2) is 4.85 Å². The number of rotatable bonds is 4. The van der Waals surface area contributed by atoms with Crippen molar-refractivity contribution in [2.24, 2.45) is 0 Å². The molecule has 7 heteroatoms. The number of fused-ring (bicyclic) bond motifs is 17. The van der Waals surface area contributed by atoms with Gasteiger partial charge in [0.2, 0.25) is 5.69 Å². The molecule has 5 heterocycles.